The van der Waals surface area contributed by atoms with Crippen LogP contribution in [0.4, 0.5) is 0 Å². The van der Waals surface area contributed by atoms with Gasteiger partial charge in [-0.1, -0.05) is 95.3 Å². The molecule has 0 amide bonds. The molecule has 2 heterocycles. The first-order chi connectivity index (χ1) is 17.4. The van der Waals surface area contributed by atoms with Gasteiger partial charge in [-0.25, -0.2) is 0 Å². The molecule has 3 heteroatoms. The maximum atomic E-state index is 6.49. The largest absolute Gasteiger partial charge is 0.264 e. The fourth-order valence-corrected chi connectivity index (χ4v) is 7.19. The Morgan fingerprint density at radius 3 is 2.19 bits per heavy atom. The van der Waals surface area contributed by atoms with Crippen LogP contribution >= 0.6 is 11.8 Å². The number of benzene rings is 4. The molecular weight excluding hydrogens is 465 g/mol. The van der Waals surface area contributed by atoms with Crippen molar-refractivity contribution in [1.82, 2.24) is 4.98 Å². The number of pyridine rings is 1. The summed E-state index contributed by atoms with van der Waals surface area (Å²) in [6, 6.07) is 20.6. The molecule has 0 unspecified atom stereocenters. The van der Waals surface area contributed by atoms with E-state index in [1.807, 2.05) is 11.8 Å². The summed E-state index contributed by atoms with van der Waals surface area (Å²) in [5, 5.41) is 7.61. The second-order valence-electron chi connectivity index (χ2n) is 13.3. The lowest BCUT2D eigenvalue weighted by molar-refractivity contribution is 0.410. The number of fused-ring (bicyclic) bond motifs is 5. The summed E-state index contributed by atoms with van der Waals surface area (Å²) in [5.41, 5.74) is 7.32. The Balaban J connectivity index is 1.68. The molecule has 0 saturated carbocycles. The highest BCUT2D eigenvalue weighted by Crippen LogP contribution is 2.52. The Bertz CT molecular complexity index is 1730. The molecule has 1 aliphatic rings. The quantitative estimate of drug-likeness (QED) is 0.174. The van der Waals surface area contributed by atoms with Crippen LogP contribution in [0.3, 0.4) is 0 Å². The highest BCUT2D eigenvalue weighted by Gasteiger charge is 2.28. The van der Waals surface area contributed by atoms with Crippen LogP contribution in [0.15, 0.2) is 64.4 Å². The molecule has 2 radical (unpaired) electrons. The number of rotatable bonds is 2. The van der Waals surface area contributed by atoms with Gasteiger partial charge in [0.1, 0.15) is 7.85 Å². The molecule has 0 atom stereocenters. The molecule has 184 valence electrons. The van der Waals surface area contributed by atoms with Crippen molar-refractivity contribution in [3.63, 3.8) is 0 Å². The summed E-state index contributed by atoms with van der Waals surface area (Å²) < 4.78 is 0. The van der Waals surface area contributed by atoms with E-state index in [-0.39, 0.29) is 10.8 Å². The van der Waals surface area contributed by atoms with Crippen molar-refractivity contribution in [1.29, 1.82) is 0 Å². The molecule has 4 aromatic carbocycles. The van der Waals surface area contributed by atoms with Crippen molar-refractivity contribution in [2.75, 3.05) is 0 Å². The summed E-state index contributed by atoms with van der Waals surface area (Å²) in [6.07, 6.45) is 2.06. The number of nitrogens with zero attached hydrogens (tertiary/aromatic N) is 1. The molecule has 0 fully saturated rings. The average Bonchev–Trinajstić information content (AvgIpc) is 2.77. The summed E-state index contributed by atoms with van der Waals surface area (Å²) >= 11 is 1.92. The van der Waals surface area contributed by atoms with E-state index in [0.29, 0.717) is 5.59 Å². The lowest BCUT2D eigenvalue weighted by Gasteiger charge is -2.28. The van der Waals surface area contributed by atoms with E-state index in [0.717, 1.165) is 18.5 Å². The van der Waals surface area contributed by atoms with E-state index in [2.05, 4.69) is 103 Å². The van der Waals surface area contributed by atoms with Crippen LogP contribution in [-0.2, 0) is 12.8 Å². The number of aryl methyl sites for hydroxylation is 1. The smallest absolute Gasteiger partial charge is 0.141 e. The fraction of sp³-hybridized carbons (Fsp3) is 0.324. The second-order valence-corrected chi connectivity index (χ2v) is 14.3. The van der Waals surface area contributed by atoms with Gasteiger partial charge in [0, 0.05) is 20.7 Å². The van der Waals surface area contributed by atoms with Gasteiger partial charge in [-0.05, 0) is 92.4 Å². The van der Waals surface area contributed by atoms with Crippen molar-refractivity contribution < 1.29 is 0 Å². The Hall–Kier alpha value is -2.78. The Morgan fingerprint density at radius 2 is 1.46 bits per heavy atom. The summed E-state index contributed by atoms with van der Waals surface area (Å²) in [7, 11) is 6.49. The molecule has 0 bridgehead atoms. The predicted molar refractivity (Wildman–Crippen MR) is 163 cm³/mol. The van der Waals surface area contributed by atoms with Crippen LogP contribution < -0.4 is 5.59 Å². The molecule has 0 N–H and O–H groups in total. The number of aromatic nitrogens is 1. The molecule has 0 saturated heterocycles. The first kappa shape index (κ1) is 24.6. The zero-order chi connectivity index (χ0) is 26.3. The van der Waals surface area contributed by atoms with E-state index in [1.165, 1.54) is 64.4 Å². The van der Waals surface area contributed by atoms with Crippen LogP contribution in [0, 0.1) is 17.8 Å². The Kier molecular flexibility index (Phi) is 5.55. The van der Waals surface area contributed by atoms with Gasteiger partial charge in [-0.3, -0.25) is 4.98 Å². The van der Waals surface area contributed by atoms with Crippen LogP contribution in [-0.4, -0.2) is 12.8 Å². The average molecular weight is 500 g/mol. The first-order valence-electron chi connectivity index (χ1n) is 13.3. The summed E-state index contributed by atoms with van der Waals surface area (Å²) in [5.74, 6) is 0. The van der Waals surface area contributed by atoms with Gasteiger partial charge in [-0.2, -0.15) is 0 Å². The maximum absolute atomic E-state index is 6.49. The molecular formula is C34H34BNS. The molecule has 1 aromatic heterocycles. The maximum Gasteiger partial charge on any atom is 0.141 e. The van der Waals surface area contributed by atoms with Crippen LogP contribution in [0.25, 0.3) is 43.6 Å². The standard InChI is InChI=1S/C34H34BNS/c1-19-8-10-24-21(12-19)14-26-31-30-25(16-29(35)36-31)23-11-9-20(17-33(2,3)4)13-22(23)15-28(30)37-32(26)27(24)18-34(5,6)7/h8-16H,17-18H2,1-7H3. The third-order valence-corrected chi connectivity index (χ3v) is 8.45. The Labute approximate surface area is 226 Å². The minimum atomic E-state index is 0.164. The van der Waals surface area contributed by atoms with Crippen molar-refractivity contribution in [2.45, 2.75) is 71.1 Å². The molecule has 0 aliphatic carbocycles. The molecule has 5 aromatic rings. The monoisotopic (exact) mass is 499 g/mol. The fourth-order valence-electron chi connectivity index (χ4n) is 5.91. The zero-order valence-electron chi connectivity index (χ0n) is 23.0. The topological polar surface area (TPSA) is 12.9 Å². The van der Waals surface area contributed by atoms with Gasteiger partial charge in [0.05, 0.1) is 5.69 Å². The third-order valence-electron chi connectivity index (χ3n) is 7.24. The highest BCUT2D eigenvalue weighted by molar-refractivity contribution is 8.00. The minimum Gasteiger partial charge on any atom is -0.264 e. The lowest BCUT2D eigenvalue weighted by atomic mass is 9.84. The van der Waals surface area contributed by atoms with Gasteiger partial charge in [-0.15, -0.1) is 0 Å². The first-order valence-corrected chi connectivity index (χ1v) is 14.1. The molecule has 0 spiro atoms. The zero-order valence-corrected chi connectivity index (χ0v) is 23.9. The van der Waals surface area contributed by atoms with E-state index in [9.17, 15) is 0 Å². The Morgan fingerprint density at radius 1 is 0.757 bits per heavy atom. The SMILES string of the molecule is [B]c1cc2c3c(cc4cc(CC(C)(C)C)ccc42)Sc2c(cc4cc(C)ccc4c2CC(C)(C)C)-c3n1. The third kappa shape index (κ3) is 4.46. The molecule has 1 nitrogen and oxygen atoms in total. The molecule has 6 rings (SSSR count). The summed E-state index contributed by atoms with van der Waals surface area (Å²) in [4.78, 5) is 7.60. The van der Waals surface area contributed by atoms with Gasteiger partial charge >= 0.3 is 0 Å². The van der Waals surface area contributed by atoms with Crippen LogP contribution in [0.1, 0.15) is 58.2 Å². The number of hydrogen-bond acceptors (Lipinski definition) is 2. The van der Waals surface area contributed by atoms with Gasteiger partial charge in [0.15, 0.2) is 0 Å². The van der Waals surface area contributed by atoms with E-state index in [1.54, 1.807) is 0 Å². The minimum absolute atomic E-state index is 0.164. The number of hydrogen-bond donors (Lipinski definition) is 0. The van der Waals surface area contributed by atoms with E-state index < -0.39 is 0 Å². The van der Waals surface area contributed by atoms with Crippen molar-refractivity contribution in [3.8, 4) is 11.3 Å². The van der Waals surface area contributed by atoms with Crippen molar-refractivity contribution in [3.05, 3.63) is 71.3 Å². The van der Waals surface area contributed by atoms with Crippen molar-refractivity contribution >= 4 is 57.5 Å². The van der Waals surface area contributed by atoms with Gasteiger partial charge in [0.2, 0.25) is 0 Å². The van der Waals surface area contributed by atoms with Crippen LogP contribution in [0.5, 0.6) is 0 Å². The highest BCUT2D eigenvalue weighted by atomic mass is 32.2. The van der Waals surface area contributed by atoms with E-state index in [4.69, 9.17) is 12.8 Å². The molecule has 37 heavy (non-hydrogen) atoms. The van der Waals surface area contributed by atoms with Gasteiger partial charge < -0.3 is 0 Å². The lowest BCUT2D eigenvalue weighted by Crippen LogP contribution is -2.14. The van der Waals surface area contributed by atoms with E-state index >= 15 is 0 Å². The van der Waals surface area contributed by atoms with Crippen LogP contribution in [0.2, 0.25) is 0 Å². The second kappa shape index (κ2) is 8.36. The van der Waals surface area contributed by atoms with Gasteiger partial charge in [0.25, 0.3) is 0 Å². The normalized spacial score (nSPS) is 13.5. The molecule has 1 aliphatic heterocycles. The summed E-state index contributed by atoms with van der Waals surface area (Å²) in [6.45, 7) is 16.1. The van der Waals surface area contributed by atoms with Crippen molar-refractivity contribution in [2.24, 2.45) is 10.8 Å². The predicted octanol–water partition coefficient (Wildman–Crippen LogP) is 8.95.